The van der Waals surface area contributed by atoms with E-state index in [2.05, 4.69) is 10.3 Å². The second-order valence-corrected chi connectivity index (χ2v) is 4.39. The highest BCUT2D eigenvalue weighted by atomic mass is 16.6. The van der Waals surface area contributed by atoms with Crippen molar-refractivity contribution in [3.63, 3.8) is 0 Å². The van der Waals surface area contributed by atoms with Crippen molar-refractivity contribution in [2.45, 2.75) is 13.0 Å². The fraction of sp³-hybridized carbons (Fsp3) is 0.154. The minimum absolute atomic E-state index is 0.143. The summed E-state index contributed by atoms with van der Waals surface area (Å²) in [6, 6.07) is 8.10. The summed E-state index contributed by atoms with van der Waals surface area (Å²) >= 11 is 0. The Bertz CT molecular complexity index is 633. The van der Waals surface area contributed by atoms with E-state index < -0.39 is 10.8 Å². The Kier molecular flexibility index (Phi) is 3.69. The summed E-state index contributed by atoms with van der Waals surface area (Å²) < 4.78 is 0. The van der Waals surface area contributed by atoms with Crippen molar-refractivity contribution in [1.82, 2.24) is 10.3 Å². The number of hydrogen-bond acceptors (Lipinski definition) is 4. The van der Waals surface area contributed by atoms with Crippen LogP contribution in [0.3, 0.4) is 0 Å². The van der Waals surface area contributed by atoms with Gasteiger partial charge in [-0.15, -0.1) is 0 Å². The van der Waals surface area contributed by atoms with Gasteiger partial charge in [0.25, 0.3) is 11.6 Å². The quantitative estimate of drug-likeness (QED) is 0.449. The number of H-pyrrole nitrogens is 1. The Labute approximate surface area is 114 Å². The summed E-state index contributed by atoms with van der Waals surface area (Å²) in [6.07, 6.45) is 1.18. The molecule has 4 N–H and O–H groups in total. The standard InChI is InChI=1S/C13H14N4O3/c1-8(9-2-4-10(14)5-3-9)16-13(18)12-6-11(7-15-12)17(19)20/h2-8,15H,14H2,1H3,(H,16,18). The van der Waals surface area contributed by atoms with Crippen molar-refractivity contribution in [2.24, 2.45) is 0 Å². The Morgan fingerprint density at radius 3 is 2.60 bits per heavy atom. The topological polar surface area (TPSA) is 114 Å². The SMILES string of the molecule is CC(NC(=O)c1cc([N+](=O)[O-])c[nH]1)c1ccc(N)cc1. The Hall–Kier alpha value is -2.83. The number of nitrogens with zero attached hydrogens (tertiary/aromatic N) is 1. The van der Waals surface area contributed by atoms with Gasteiger partial charge in [0, 0.05) is 11.8 Å². The van der Waals surface area contributed by atoms with E-state index in [1.54, 1.807) is 12.1 Å². The molecule has 1 heterocycles. The van der Waals surface area contributed by atoms with Crippen molar-refractivity contribution in [1.29, 1.82) is 0 Å². The zero-order chi connectivity index (χ0) is 14.7. The van der Waals surface area contributed by atoms with E-state index >= 15 is 0 Å². The lowest BCUT2D eigenvalue weighted by Crippen LogP contribution is -2.26. The summed E-state index contributed by atoms with van der Waals surface area (Å²) in [4.78, 5) is 24.5. The molecule has 0 saturated carbocycles. The number of aromatic nitrogens is 1. The number of nitro groups is 1. The number of benzene rings is 1. The van der Waals surface area contributed by atoms with E-state index in [1.165, 1.54) is 12.3 Å². The van der Waals surface area contributed by atoms with Crippen LogP contribution >= 0.6 is 0 Å². The van der Waals surface area contributed by atoms with E-state index in [0.717, 1.165) is 5.56 Å². The molecule has 0 fully saturated rings. The highest BCUT2D eigenvalue weighted by molar-refractivity contribution is 5.93. The van der Waals surface area contributed by atoms with Gasteiger partial charge in [-0.2, -0.15) is 0 Å². The number of rotatable bonds is 4. The zero-order valence-corrected chi connectivity index (χ0v) is 10.8. The average Bonchev–Trinajstić information content (AvgIpc) is 2.89. The van der Waals surface area contributed by atoms with Gasteiger partial charge in [0.1, 0.15) is 5.69 Å². The number of nitrogen functional groups attached to an aromatic ring is 1. The molecule has 0 saturated heterocycles. The van der Waals surface area contributed by atoms with E-state index in [0.29, 0.717) is 5.69 Å². The maximum atomic E-state index is 11.9. The van der Waals surface area contributed by atoms with E-state index in [4.69, 9.17) is 5.73 Å². The molecule has 1 amide bonds. The van der Waals surface area contributed by atoms with Crippen LogP contribution in [0.25, 0.3) is 0 Å². The molecule has 2 rings (SSSR count). The number of carbonyl (C=O) groups excluding carboxylic acids is 1. The van der Waals surface area contributed by atoms with E-state index in [9.17, 15) is 14.9 Å². The molecule has 0 aliphatic heterocycles. The molecule has 0 radical (unpaired) electrons. The van der Waals surface area contributed by atoms with Crippen molar-refractivity contribution < 1.29 is 9.72 Å². The Morgan fingerprint density at radius 1 is 1.40 bits per heavy atom. The van der Waals surface area contributed by atoms with Gasteiger partial charge >= 0.3 is 0 Å². The van der Waals surface area contributed by atoms with E-state index in [1.807, 2.05) is 19.1 Å². The number of carbonyl (C=O) groups is 1. The maximum absolute atomic E-state index is 11.9. The first-order valence-electron chi connectivity index (χ1n) is 5.96. The van der Waals surface area contributed by atoms with Crippen molar-refractivity contribution in [3.8, 4) is 0 Å². The van der Waals surface area contributed by atoms with Crippen LogP contribution in [0.4, 0.5) is 11.4 Å². The fourth-order valence-electron chi connectivity index (χ4n) is 1.76. The summed E-state index contributed by atoms with van der Waals surface area (Å²) in [5.41, 5.74) is 7.15. The van der Waals surface area contributed by atoms with Crippen LogP contribution in [-0.2, 0) is 0 Å². The largest absolute Gasteiger partial charge is 0.399 e. The third kappa shape index (κ3) is 2.94. The number of hydrogen-bond donors (Lipinski definition) is 3. The van der Waals surface area contributed by atoms with Crippen molar-refractivity contribution in [3.05, 3.63) is 57.9 Å². The molecule has 20 heavy (non-hydrogen) atoms. The normalized spacial score (nSPS) is 11.8. The van der Waals surface area contributed by atoms with Crippen molar-refractivity contribution in [2.75, 3.05) is 5.73 Å². The highest BCUT2D eigenvalue weighted by Crippen LogP contribution is 2.16. The molecule has 1 aromatic heterocycles. The van der Waals surface area contributed by atoms with Gasteiger partial charge in [-0.25, -0.2) is 0 Å². The molecule has 0 bridgehead atoms. The van der Waals surface area contributed by atoms with Crippen LogP contribution in [0.2, 0.25) is 0 Å². The van der Waals surface area contributed by atoms with Gasteiger partial charge in [0.05, 0.1) is 17.2 Å². The minimum Gasteiger partial charge on any atom is -0.399 e. The fourth-order valence-corrected chi connectivity index (χ4v) is 1.76. The Morgan fingerprint density at radius 2 is 2.05 bits per heavy atom. The smallest absolute Gasteiger partial charge is 0.287 e. The number of amides is 1. The summed E-state index contributed by atoms with van der Waals surface area (Å²) in [6.45, 7) is 1.82. The Balaban J connectivity index is 2.06. The minimum atomic E-state index is -0.559. The molecule has 7 nitrogen and oxygen atoms in total. The lowest BCUT2D eigenvalue weighted by molar-refractivity contribution is -0.384. The monoisotopic (exact) mass is 274 g/mol. The van der Waals surface area contributed by atoms with Crippen LogP contribution in [0.5, 0.6) is 0 Å². The molecule has 0 aliphatic carbocycles. The first kappa shape index (κ1) is 13.6. The molecule has 1 atom stereocenters. The predicted molar refractivity (Wildman–Crippen MR) is 74.2 cm³/mol. The molecule has 0 aliphatic rings. The first-order valence-corrected chi connectivity index (χ1v) is 5.96. The van der Waals surface area contributed by atoms with Crippen LogP contribution < -0.4 is 11.1 Å². The van der Waals surface area contributed by atoms with Gasteiger partial charge in [0.15, 0.2) is 0 Å². The predicted octanol–water partition coefficient (Wildman–Crippen LogP) is 2.00. The number of anilines is 1. The third-order valence-corrected chi connectivity index (χ3v) is 2.91. The second-order valence-electron chi connectivity index (χ2n) is 4.39. The number of aromatic amines is 1. The number of nitrogens with two attached hydrogens (primary N) is 1. The molecule has 7 heteroatoms. The third-order valence-electron chi connectivity index (χ3n) is 2.91. The first-order chi connectivity index (χ1) is 9.47. The van der Waals surface area contributed by atoms with Crippen molar-refractivity contribution >= 4 is 17.3 Å². The van der Waals surface area contributed by atoms with Crippen LogP contribution in [-0.4, -0.2) is 15.8 Å². The van der Waals surface area contributed by atoms with Crippen LogP contribution in [0.1, 0.15) is 29.0 Å². The molecule has 1 aromatic carbocycles. The molecular weight excluding hydrogens is 260 g/mol. The lowest BCUT2D eigenvalue weighted by atomic mass is 10.1. The highest BCUT2D eigenvalue weighted by Gasteiger charge is 2.16. The van der Waals surface area contributed by atoms with Gasteiger partial charge in [0.2, 0.25) is 0 Å². The lowest BCUT2D eigenvalue weighted by Gasteiger charge is -2.13. The van der Waals surface area contributed by atoms with Gasteiger partial charge in [-0.3, -0.25) is 14.9 Å². The molecule has 2 aromatic rings. The maximum Gasteiger partial charge on any atom is 0.287 e. The molecular formula is C13H14N4O3. The second kappa shape index (κ2) is 5.43. The summed E-state index contributed by atoms with van der Waals surface area (Å²) in [7, 11) is 0. The van der Waals surface area contributed by atoms with Gasteiger partial charge < -0.3 is 16.0 Å². The number of nitrogens with one attached hydrogen (secondary N) is 2. The summed E-state index contributed by atoms with van der Waals surface area (Å²) in [5, 5.41) is 13.3. The van der Waals surface area contributed by atoms with Crippen LogP contribution in [0, 0.1) is 10.1 Å². The van der Waals surface area contributed by atoms with Gasteiger partial charge in [-0.05, 0) is 24.6 Å². The van der Waals surface area contributed by atoms with E-state index in [-0.39, 0.29) is 17.4 Å². The van der Waals surface area contributed by atoms with Gasteiger partial charge in [-0.1, -0.05) is 12.1 Å². The van der Waals surface area contributed by atoms with Crippen LogP contribution in [0.15, 0.2) is 36.5 Å². The summed E-state index contributed by atoms with van der Waals surface area (Å²) in [5.74, 6) is -0.401. The zero-order valence-electron chi connectivity index (χ0n) is 10.8. The molecule has 104 valence electrons. The average molecular weight is 274 g/mol. The molecule has 0 spiro atoms. The molecule has 1 unspecified atom stereocenters.